The Hall–Kier alpha value is -2.09. The summed E-state index contributed by atoms with van der Waals surface area (Å²) >= 11 is 0. The molecule has 3 rings (SSSR count). The van der Waals surface area contributed by atoms with Crippen molar-refractivity contribution in [3.8, 4) is 0 Å². The highest BCUT2D eigenvalue weighted by atomic mass is 127. The van der Waals surface area contributed by atoms with Gasteiger partial charge in [-0.05, 0) is 43.4 Å². The number of carbonyl (C=O) groups is 1. The van der Waals surface area contributed by atoms with Crippen molar-refractivity contribution in [2.75, 3.05) is 20.1 Å². The number of carbonyl (C=O) groups excluding carboxylic acids is 1. The summed E-state index contributed by atoms with van der Waals surface area (Å²) < 4.78 is 0. The van der Waals surface area contributed by atoms with E-state index in [2.05, 4.69) is 71.9 Å². The molecule has 0 bridgehead atoms. The van der Waals surface area contributed by atoms with E-state index >= 15 is 0 Å². The second-order valence-corrected chi connectivity index (χ2v) is 7.83. The van der Waals surface area contributed by atoms with Crippen molar-refractivity contribution < 1.29 is 4.79 Å². The van der Waals surface area contributed by atoms with Gasteiger partial charge in [0.05, 0.1) is 0 Å². The maximum atomic E-state index is 11.8. The van der Waals surface area contributed by atoms with Crippen LogP contribution in [0.2, 0.25) is 0 Å². The van der Waals surface area contributed by atoms with Crippen molar-refractivity contribution >= 4 is 35.8 Å². The number of hydrogen-bond donors (Lipinski definition) is 2. The van der Waals surface area contributed by atoms with Crippen LogP contribution in [-0.4, -0.2) is 36.9 Å². The van der Waals surface area contributed by atoms with E-state index in [0.29, 0.717) is 19.5 Å². The molecular weight excluding hydrogens is 487 g/mol. The molecule has 2 aromatic rings. The van der Waals surface area contributed by atoms with E-state index in [0.717, 1.165) is 31.9 Å². The fraction of sp³-hybridized carbons (Fsp3) is 0.417. The highest BCUT2D eigenvalue weighted by Gasteiger charge is 2.19. The summed E-state index contributed by atoms with van der Waals surface area (Å²) in [6, 6.07) is 15.1. The first-order chi connectivity index (χ1) is 14.0. The fourth-order valence-electron chi connectivity index (χ4n) is 3.80. The predicted octanol–water partition coefficient (Wildman–Crippen LogP) is 3.95. The van der Waals surface area contributed by atoms with Crippen LogP contribution in [0.4, 0.5) is 0 Å². The lowest BCUT2D eigenvalue weighted by molar-refractivity contribution is -0.128. The fourth-order valence-corrected chi connectivity index (χ4v) is 3.80. The molecule has 2 N–H and O–H groups in total. The maximum absolute atomic E-state index is 11.8. The first-order valence-electron chi connectivity index (χ1n) is 10.4. The molecule has 1 heterocycles. The van der Waals surface area contributed by atoms with E-state index in [4.69, 9.17) is 0 Å². The number of rotatable bonds is 7. The van der Waals surface area contributed by atoms with E-state index in [9.17, 15) is 4.79 Å². The van der Waals surface area contributed by atoms with Crippen molar-refractivity contribution in [3.63, 3.8) is 0 Å². The summed E-state index contributed by atoms with van der Waals surface area (Å²) in [5, 5.41) is 6.76. The van der Waals surface area contributed by atoms with Crippen molar-refractivity contribution in [2.24, 2.45) is 4.99 Å². The van der Waals surface area contributed by atoms with Crippen LogP contribution in [0.25, 0.3) is 0 Å². The number of halogens is 1. The normalized spacial score (nSPS) is 13.9. The molecule has 5 nitrogen and oxygen atoms in total. The van der Waals surface area contributed by atoms with Crippen LogP contribution in [0.5, 0.6) is 0 Å². The van der Waals surface area contributed by atoms with E-state index in [1.807, 2.05) is 4.90 Å². The van der Waals surface area contributed by atoms with Gasteiger partial charge in [0.1, 0.15) is 0 Å². The smallest absolute Gasteiger partial charge is 0.222 e. The maximum Gasteiger partial charge on any atom is 0.222 e. The third-order valence-electron chi connectivity index (χ3n) is 5.24. The SMILES string of the molecule is CN=C(NCCc1cc(C)cc(C)c1)NCc1ccc(CN2CCCC2=O)cc1.I. The molecule has 1 fully saturated rings. The zero-order chi connectivity index (χ0) is 20.6. The lowest BCUT2D eigenvalue weighted by atomic mass is 10.1. The molecule has 1 amide bonds. The molecule has 0 aromatic heterocycles. The lowest BCUT2D eigenvalue weighted by Crippen LogP contribution is -2.37. The minimum absolute atomic E-state index is 0. The first kappa shape index (κ1) is 24.2. The van der Waals surface area contributed by atoms with Gasteiger partial charge in [-0.15, -0.1) is 24.0 Å². The molecule has 6 heteroatoms. The largest absolute Gasteiger partial charge is 0.356 e. The monoisotopic (exact) mass is 520 g/mol. The van der Waals surface area contributed by atoms with Gasteiger partial charge >= 0.3 is 0 Å². The number of guanidine groups is 1. The molecule has 0 atom stereocenters. The Bertz CT molecular complexity index is 844. The van der Waals surface area contributed by atoms with E-state index < -0.39 is 0 Å². The molecule has 1 aliphatic heterocycles. The number of aliphatic imine (C=N–C) groups is 1. The molecule has 162 valence electrons. The quantitative estimate of drug-likeness (QED) is 0.330. The summed E-state index contributed by atoms with van der Waals surface area (Å²) in [5.41, 5.74) is 6.33. The second-order valence-electron chi connectivity index (χ2n) is 7.83. The average molecular weight is 520 g/mol. The standard InChI is InChI=1S/C24H32N4O.HI/c1-18-13-19(2)15-22(14-18)10-11-26-24(25-3)27-16-20-6-8-21(9-7-20)17-28-12-4-5-23(28)29;/h6-9,13-15H,4-5,10-12,16-17H2,1-3H3,(H2,25,26,27);1H. The van der Waals surface area contributed by atoms with Crippen LogP contribution in [0, 0.1) is 13.8 Å². The highest BCUT2D eigenvalue weighted by Crippen LogP contribution is 2.14. The Morgan fingerprint density at radius 1 is 1.00 bits per heavy atom. The molecule has 2 aromatic carbocycles. The molecule has 1 saturated heterocycles. The minimum atomic E-state index is 0. The van der Waals surface area contributed by atoms with Crippen molar-refractivity contribution in [2.45, 2.75) is 46.2 Å². The van der Waals surface area contributed by atoms with Crippen LogP contribution in [0.1, 0.15) is 40.7 Å². The van der Waals surface area contributed by atoms with Crippen molar-refractivity contribution in [1.29, 1.82) is 0 Å². The van der Waals surface area contributed by atoms with Gasteiger partial charge in [-0.25, -0.2) is 0 Å². The Kier molecular flexibility index (Phi) is 9.62. The number of nitrogens with zero attached hydrogens (tertiary/aromatic N) is 2. The Morgan fingerprint density at radius 2 is 1.67 bits per heavy atom. The van der Waals surface area contributed by atoms with Gasteiger partial charge < -0.3 is 15.5 Å². The summed E-state index contributed by atoms with van der Waals surface area (Å²) in [6.45, 7) is 7.43. The van der Waals surface area contributed by atoms with Crippen LogP contribution in [-0.2, 0) is 24.3 Å². The van der Waals surface area contributed by atoms with E-state index in [1.165, 1.54) is 27.8 Å². The summed E-state index contributed by atoms with van der Waals surface area (Å²) in [4.78, 5) is 18.0. The van der Waals surface area contributed by atoms with Crippen molar-refractivity contribution in [3.05, 3.63) is 70.3 Å². The topological polar surface area (TPSA) is 56.7 Å². The number of amides is 1. The molecule has 1 aliphatic rings. The van der Waals surface area contributed by atoms with Crippen LogP contribution < -0.4 is 10.6 Å². The van der Waals surface area contributed by atoms with Gasteiger partial charge in [0.2, 0.25) is 5.91 Å². The zero-order valence-corrected chi connectivity index (χ0v) is 20.5. The van der Waals surface area contributed by atoms with E-state index in [-0.39, 0.29) is 29.9 Å². The predicted molar refractivity (Wildman–Crippen MR) is 134 cm³/mol. The van der Waals surface area contributed by atoms with Crippen LogP contribution in [0.15, 0.2) is 47.5 Å². The molecule has 30 heavy (non-hydrogen) atoms. The molecule has 0 unspecified atom stereocenters. The molecule has 0 saturated carbocycles. The Morgan fingerprint density at radius 3 is 2.27 bits per heavy atom. The Balaban J connectivity index is 0.00000320. The zero-order valence-electron chi connectivity index (χ0n) is 18.2. The van der Waals surface area contributed by atoms with Gasteiger partial charge in [0.25, 0.3) is 0 Å². The summed E-state index contributed by atoms with van der Waals surface area (Å²) in [5.74, 6) is 1.08. The molecule has 0 aliphatic carbocycles. The lowest BCUT2D eigenvalue weighted by Gasteiger charge is -2.16. The molecule has 0 spiro atoms. The summed E-state index contributed by atoms with van der Waals surface area (Å²) in [6.07, 6.45) is 2.64. The molecule has 0 radical (unpaired) electrons. The minimum Gasteiger partial charge on any atom is -0.356 e. The number of aryl methyl sites for hydroxylation is 2. The third-order valence-corrected chi connectivity index (χ3v) is 5.24. The number of benzene rings is 2. The van der Waals surface area contributed by atoms with Gasteiger partial charge in [0.15, 0.2) is 5.96 Å². The van der Waals surface area contributed by atoms with Crippen molar-refractivity contribution in [1.82, 2.24) is 15.5 Å². The molecular formula is C24H33IN4O. The highest BCUT2D eigenvalue weighted by molar-refractivity contribution is 14.0. The van der Waals surface area contributed by atoms with Gasteiger partial charge in [-0.3, -0.25) is 9.79 Å². The third kappa shape index (κ3) is 7.31. The number of nitrogens with one attached hydrogen (secondary N) is 2. The van der Waals surface area contributed by atoms with Gasteiger partial charge in [0, 0.05) is 39.6 Å². The number of likely N-dealkylation sites (tertiary alicyclic amines) is 1. The second kappa shape index (κ2) is 11.9. The van der Waals surface area contributed by atoms with Gasteiger partial charge in [-0.1, -0.05) is 53.6 Å². The Labute approximate surface area is 197 Å². The van der Waals surface area contributed by atoms with Crippen LogP contribution in [0.3, 0.4) is 0 Å². The number of hydrogen-bond acceptors (Lipinski definition) is 2. The van der Waals surface area contributed by atoms with E-state index in [1.54, 1.807) is 7.05 Å². The first-order valence-corrected chi connectivity index (χ1v) is 10.4. The van der Waals surface area contributed by atoms with Crippen LogP contribution >= 0.6 is 24.0 Å². The van der Waals surface area contributed by atoms with Gasteiger partial charge in [-0.2, -0.15) is 0 Å². The average Bonchev–Trinajstić information content (AvgIpc) is 3.09. The summed E-state index contributed by atoms with van der Waals surface area (Å²) in [7, 11) is 1.79.